The van der Waals surface area contributed by atoms with Crippen molar-refractivity contribution in [2.45, 2.75) is 17.3 Å². The van der Waals surface area contributed by atoms with Crippen LogP contribution in [0.5, 0.6) is 0 Å². The zero-order valence-corrected chi connectivity index (χ0v) is 14.9. The van der Waals surface area contributed by atoms with E-state index in [0.29, 0.717) is 19.8 Å². The fourth-order valence-electron chi connectivity index (χ4n) is 1.75. The van der Waals surface area contributed by atoms with Crippen molar-refractivity contribution in [1.82, 2.24) is 0 Å². The number of rotatable bonds is 13. The Labute approximate surface area is 147 Å². The van der Waals surface area contributed by atoms with E-state index in [2.05, 4.69) is 10.0 Å². The van der Waals surface area contributed by atoms with Gasteiger partial charge in [-0.15, -0.1) is 0 Å². The van der Waals surface area contributed by atoms with Gasteiger partial charge in [-0.05, 0) is 24.6 Å². The molecular weight excluding hydrogens is 350 g/mol. The Kier molecular flexibility index (Phi) is 10.1. The van der Waals surface area contributed by atoms with Crippen LogP contribution >= 0.6 is 0 Å². The van der Waals surface area contributed by atoms with E-state index in [1.54, 1.807) is 12.1 Å². The molecule has 0 heterocycles. The molecular formula is C15H23N3O6S. The summed E-state index contributed by atoms with van der Waals surface area (Å²) in [6.07, 6.45) is 0. The first-order valence-electron chi connectivity index (χ1n) is 7.71. The summed E-state index contributed by atoms with van der Waals surface area (Å²) in [7, 11) is -3.83. The molecule has 1 aromatic rings. The molecule has 0 bridgehead atoms. The van der Waals surface area contributed by atoms with Crippen molar-refractivity contribution in [1.29, 1.82) is 0 Å². The van der Waals surface area contributed by atoms with Crippen LogP contribution in [0.3, 0.4) is 0 Å². The van der Waals surface area contributed by atoms with Crippen molar-refractivity contribution < 1.29 is 27.7 Å². The summed E-state index contributed by atoms with van der Waals surface area (Å²) in [6, 6.07) is 6.25. The van der Waals surface area contributed by atoms with Gasteiger partial charge >= 0.3 is 0 Å². The maximum absolute atomic E-state index is 12.1. The molecule has 0 aliphatic carbocycles. The summed E-state index contributed by atoms with van der Waals surface area (Å²) in [5.74, 6) is 0. The van der Waals surface area contributed by atoms with Gasteiger partial charge in [-0.3, -0.25) is 0 Å². The summed E-state index contributed by atoms with van der Waals surface area (Å²) in [5.41, 5.74) is 7.37. The molecule has 0 aliphatic rings. The number of aliphatic hydroxyl groups is 1. The van der Waals surface area contributed by atoms with E-state index in [4.69, 9.17) is 19.7 Å². The lowest BCUT2D eigenvalue weighted by Gasteiger charge is -2.13. The van der Waals surface area contributed by atoms with Gasteiger partial charge < -0.3 is 19.3 Å². The maximum atomic E-state index is 12.1. The number of nitrogens with zero attached hydrogens (tertiary/aromatic N) is 3. The molecule has 0 aromatic heterocycles. The molecule has 1 aromatic carbocycles. The number of sulfone groups is 1. The summed E-state index contributed by atoms with van der Waals surface area (Å²) >= 11 is 0. The molecule has 0 spiro atoms. The van der Waals surface area contributed by atoms with Gasteiger partial charge in [0.15, 0.2) is 5.44 Å². The van der Waals surface area contributed by atoms with Gasteiger partial charge in [-0.2, -0.15) is 0 Å². The minimum Gasteiger partial charge on any atom is -0.379 e. The minimum absolute atomic E-state index is 0.0586. The van der Waals surface area contributed by atoms with Gasteiger partial charge in [0.1, 0.15) is 0 Å². The summed E-state index contributed by atoms with van der Waals surface area (Å²) in [6.45, 7) is 3.20. The molecule has 0 fully saturated rings. The van der Waals surface area contributed by atoms with Gasteiger partial charge in [-0.1, -0.05) is 22.8 Å². The highest BCUT2D eigenvalue weighted by Gasteiger charge is 2.25. The second kappa shape index (κ2) is 11.8. The first-order chi connectivity index (χ1) is 12.0. The van der Waals surface area contributed by atoms with Gasteiger partial charge in [0.05, 0.1) is 44.5 Å². The van der Waals surface area contributed by atoms with Crippen LogP contribution in [0, 0.1) is 6.92 Å². The number of ether oxygens (including phenoxy) is 3. The Bertz CT molecular complexity index is 644. The molecule has 0 radical (unpaired) electrons. The zero-order valence-electron chi connectivity index (χ0n) is 14.1. The Hall–Kier alpha value is -1.68. The Morgan fingerprint density at radius 3 is 2.24 bits per heavy atom. The third-order valence-electron chi connectivity index (χ3n) is 3.11. The van der Waals surface area contributed by atoms with Crippen LogP contribution in [-0.2, 0) is 24.0 Å². The summed E-state index contributed by atoms with van der Waals surface area (Å²) < 4.78 is 39.8. The van der Waals surface area contributed by atoms with Gasteiger partial charge in [0.25, 0.3) is 0 Å². The van der Waals surface area contributed by atoms with Crippen molar-refractivity contribution in [2.75, 3.05) is 46.2 Å². The van der Waals surface area contributed by atoms with Crippen molar-refractivity contribution in [2.24, 2.45) is 5.11 Å². The lowest BCUT2D eigenvalue weighted by atomic mass is 10.2. The zero-order chi connectivity index (χ0) is 18.5. The Morgan fingerprint density at radius 2 is 1.64 bits per heavy atom. The molecule has 0 unspecified atom stereocenters. The van der Waals surface area contributed by atoms with E-state index in [-0.39, 0.29) is 31.3 Å². The molecule has 10 heteroatoms. The predicted octanol–water partition coefficient (Wildman–Crippen LogP) is 1.45. The molecule has 0 saturated heterocycles. The molecule has 1 atom stereocenters. The van der Waals surface area contributed by atoms with Crippen LogP contribution in [0.25, 0.3) is 10.4 Å². The summed E-state index contributed by atoms with van der Waals surface area (Å²) in [5, 5.41) is 13.1. The number of hydrogen-bond donors (Lipinski definition) is 1. The number of aryl methyl sites for hydroxylation is 1. The second-order valence-electron chi connectivity index (χ2n) is 5.07. The van der Waals surface area contributed by atoms with Crippen LogP contribution in [0.2, 0.25) is 0 Å². The number of hydrogen-bond acceptors (Lipinski definition) is 7. The highest BCUT2D eigenvalue weighted by atomic mass is 32.2. The average Bonchev–Trinajstić information content (AvgIpc) is 2.59. The molecule has 0 saturated carbocycles. The molecule has 0 amide bonds. The second-order valence-corrected chi connectivity index (χ2v) is 7.17. The smallest absolute Gasteiger partial charge is 0.207 e. The van der Waals surface area contributed by atoms with E-state index < -0.39 is 15.3 Å². The molecule has 140 valence electrons. The molecule has 9 nitrogen and oxygen atoms in total. The first kappa shape index (κ1) is 21.4. The van der Waals surface area contributed by atoms with Crippen LogP contribution < -0.4 is 0 Å². The average molecular weight is 373 g/mol. The van der Waals surface area contributed by atoms with Gasteiger partial charge in [0.2, 0.25) is 9.84 Å². The van der Waals surface area contributed by atoms with E-state index in [1.807, 2.05) is 6.92 Å². The predicted molar refractivity (Wildman–Crippen MR) is 90.8 cm³/mol. The van der Waals surface area contributed by atoms with Crippen LogP contribution in [-0.4, -0.2) is 65.1 Å². The van der Waals surface area contributed by atoms with Crippen molar-refractivity contribution in [3.8, 4) is 0 Å². The van der Waals surface area contributed by atoms with E-state index in [9.17, 15) is 13.5 Å². The third kappa shape index (κ3) is 8.30. The van der Waals surface area contributed by atoms with E-state index in [0.717, 1.165) is 5.56 Å². The lowest BCUT2D eigenvalue weighted by Crippen LogP contribution is -2.27. The fraction of sp³-hybridized carbons (Fsp3) is 0.600. The number of benzene rings is 1. The number of aliphatic hydroxyl groups excluding tert-OH is 1. The van der Waals surface area contributed by atoms with Crippen LogP contribution in [0.15, 0.2) is 34.3 Å². The fourth-order valence-corrected chi connectivity index (χ4v) is 2.85. The van der Waals surface area contributed by atoms with Gasteiger partial charge in [0, 0.05) is 11.5 Å². The van der Waals surface area contributed by atoms with Gasteiger partial charge in [-0.25, -0.2) is 8.42 Å². The SMILES string of the molecule is Cc1ccc(S(=O)(=O)[C@H](O)COCCOCCOCCN=[N+]=[N-])cc1. The van der Waals surface area contributed by atoms with Crippen molar-refractivity contribution in [3.05, 3.63) is 40.3 Å². The molecule has 25 heavy (non-hydrogen) atoms. The molecule has 1 rings (SSSR count). The third-order valence-corrected chi connectivity index (χ3v) is 4.89. The largest absolute Gasteiger partial charge is 0.379 e. The molecule has 1 N–H and O–H groups in total. The Balaban J connectivity index is 2.15. The monoisotopic (exact) mass is 373 g/mol. The summed E-state index contributed by atoms with van der Waals surface area (Å²) in [4.78, 5) is 2.65. The lowest BCUT2D eigenvalue weighted by molar-refractivity contribution is 0.00392. The normalized spacial score (nSPS) is 12.6. The van der Waals surface area contributed by atoms with Crippen LogP contribution in [0.1, 0.15) is 5.56 Å². The Morgan fingerprint density at radius 1 is 1.08 bits per heavy atom. The van der Waals surface area contributed by atoms with Crippen molar-refractivity contribution in [3.63, 3.8) is 0 Å². The molecule has 0 aliphatic heterocycles. The number of azide groups is 1. The van der Waals surface area contributed by atoms with Crippen molar-refractivity contribution >= 4 is 9.84 Å². The standard InChI is InChI=1S/C15H23N3O6S/c1-13-2-4-14(5-3-13)25(20,21)15(19)12-24-11-10-23-9-8-22-7-6-17-18-16/h2-5,15,19H,6-12H2,1H3/t15-/m0/s1. The quantitative estimate of drug-likeness (QED) is 0.241. The minimum atomic E-state index is -3.83. The highest BCUT2D eigenvalue weighted by Crippen LogP contribution is 2.15. The maximum Gasteiger partial charge on any atom is 0.207 e. The van der Waals surface area contributed by atoms with Crippen LogP contribution in [0.4, 0.5) is 0 Å². The highest BCUT2D eigenvalue weighted by molar-refractivity contribution is 7.91. The van der Waals surface area contributed by atoms with E-state index in [1.165, 1.54) is 12.1 Å². The topological polar surface area (TPSA) is 131 Å². The van der Waals surface area contributed by atoms with E-state index >= 15 is 0 Å². The first-order valence-corrected chi connectivity index (χ1v) is 9.26.